The molecule has 0 saturated carbocycles. The number of hydrogen-bond acceptors (Lipinski definition) is 4. The summed E-state index contributed by atoms with van der Waals surface area (Å²) in [6.07, 6.45) is 3.29. The van der Waals surface area contributed by atoms with Gasteiger partial charge in [-0.3, -0.25) is 4.79 Å². The predicted octanol–water partition coefficient (Wildman–Crippen LogP) is 3.86. The maximum atomic E-state index is 12.5. The molecule has 2 aromatic carbocycles. The van der Waals surface area contributed by atoms with Crippen LogP contribution < -0.4 is 15.0 Å². The molecule has 1 heterocycles. The number of ether oxygens (including phenoxy) is 1. The zero-order valence-electron chi connectivity index (χ0n) is 15.6. The van der Waals surface area contributed by atoms with Gasteiger partial charge in [0.25, 0.3) is 0 Å². The van der Waals surface area contributed by atoms with Gasteiger partial charge in [0.1, 0.15) is 5.75 Å². The van der Waals surface area contributed by atoms with Crippen LogP contribution >= 0.6 is 15.9 Å². The van der Waals surface area contributed by atoms with Gasteiger partial charge in [-0.05, 0) is 43.5 Å². The van der Waals surface area contributed by atoms with Gasteiger partial charge in [-0.2, -0.15) is 0 Å². The number of nitrogens with zero attached hydrogens (tertiary/aromatic N) is 2. The standard InChI is InChI=1S/C21H24BrN3O2/c1-24-11-13-25(14-12-24)19-6-4-3-5-18(19)23-21(26)10-7-16-15-17(22)8-9-20(16)27-2/h3-10,15H,11-14H2,1-2H3,(H,23,26). The highest BCUT2D eigenvalue weighted by Crippen LogP contribution is 2.27. The highest BCUT2D eigenvalue weighted by molar-refractivity contribution is 9.10. The number of piperazine rings is 1. The summed E-state index contributed by atoms with van der Waals surface area (Å²) in [5.74, 6) is 0.554. The quantitative estimate of drug-likeness (QED) is 0.732. The number of amides is 1. The first-order valence-electron chi connectivity index (χ1n) is 8.92. The molecule has 1 saturated heterocycles. The Morgan fingerprint density at radius 3 is 2.63 bits per heavy atom. The second-order valence-corrected chi connectivity index (χ2v) is 7.43. The van der Waals surface area contributed by atoms with Crippen LogP contribution in [-0.4, -0.2) is 51.1 Å². The second-order valence-electron chi connectivity index (χ2n) is 6.52. The van der Waals surface area contributed by atoms with Crippen LogP contribution in [0.5, 0.6) is 5.75 Å². The van der Waals surface area contributed by atoms with Crippen LogP contribution in [0.2, 0.25) is 0 Å². The number of likely N-dealkylation sites (N-methyl/N-ethyl adjacent to an activating group) is 1. The van der Waals surface area contributed by atoms with E-state index in [-0.39, 0.29) is 5.91 Å². The molecule has 1 amide bonds. The molecule has 1 N–H and O–H groups in total. The van der Waals surface area contributed by atoms with Gasteiger partial charge in [-0.15, -0.1) is 0 Å². The average Bonchev–Trinajstić information content (AvgIpc) is 2.68. The number of carbonyl (C=O) groups is 1. The van der Waals surface area contributed by atoms with Gasteiger partial charge in [-0.25, -0.2) is 0 Å². The van der Waals surface area contributed by atoms with Gasteiger partial charge >= 0.3 is 0 Å². The lowest BCUT2D eigenvalue weighted by Gasteiger charge is -2.35. The van der Waals surface area contributed by atoms with Crippen molar-refractivity contribution in [2.24, 2.45) is 0 Å². The Bertz CT molecular complexity index is 830. The van der Waals surface area contributed by atoms with Crippen molar-refractivity contribution < 1.29 is 9.53 Å². The first-order valence-corrected chi connectivity index (χ1v) is 9.71. The van der Waals surface area contributed by atoms with E-state index in [4.69, 9.17) is 4.74 Å². The fourth-order valence-electron chi connectivity index (χ4n) is 3.08. The lowest BCUT2D eigenvalue weighted by Crippen LogP contribution is -2.44. The fourth-order valence-corrected chi connectivity index (χ4v) is 3.46. The molecule has 0 atom stereocenters. The smallest absolute Gasteiger partial charge is 0.248 e. The van der Waals surface area contributed by atoms with E-state index in [9.17, 15) is 4.79 Å². The summed E-state index contributed by atoms with van der Waals surface area (Å²) in [5, 5.41) is 3.01. The van der Waals surface area contributed by atoms with Gasteiger partial charge in [0.15, 0.2) is 0 Å². The van der Waals surface area contributed by atoms with E-state index in [0.29, 0.717) is 0 Å². The molecule has 1 fully saturated rings. The van der Waals surface area contributed by atoms with Gasteiger partial charge < -0.3 is 19.9 Å². The first-order chi connectivity index (χ1) is 13.1. The Balaban J connectivity index is 1.72. The van der Waals surface area contributed by atoms with Crippen molar-refractivity contribution in [3.05, 3.63) is 58.6 Å². The predicted molar refractivity (Wildman–Crippen MR) is 115 cm³/mol. The van der Waals surface area contributed by atoms with Crippen molar-refractivity contribution >= 4 is 39.3 Å². The normalized spacial score (nSPS) is 15.1. The second kappa shape index (κ2) is 9.06. The number of para-hydroxylation sites is 2. The molecule has 27 heavy (non-hydrogen) atoms. The maximum absolute atomic E-state index is 12.5. The molecule has 1 aliphatic rings. The fraction of sp³-hybridized carbons (Fsp3) is 0.286. The van der Waals surface area contributed by atoms with E-state index in [1.807, 2.05) is 36.4 Å². The van der Waals surface area contributed by atoms with E-state index >= 15 is 0 Å². The number of halogens is 1. The van der Waals surface area contributed by atoms with Crippen molar-refractivity contribution in [3.63, 3.8) is 0 Å². The Hall–Kier alpha value is -2.31. The first kappa shape index (κ1) is 19.5. The zero-order chi connectivity index (χ0) is 19.2. The molecular formula is C21H24BrN3O2. The molecule has 1 aliphatic heterocycles. The molecule has 0 aromatic heterocycles. The van der Waals surface area contributed by atoms with E-state index in [1.165, 1.54) is 6.08 Å². The monoisotopic (exact) mass is 429 g/mol. The summed E-state index contributed by atoms with van der Waals surface area (Å²) in [7, 11) is 3.75. The molecule has 0 aliphatic carbocycles. The molecule has 142 valence electrons. The Kier molecular flexibility index (Phi) is 6.53. The van der Waals surface area contributed by atoms with E-state index in [2.05, 4.69) is 44.2 Å². The van der Waals surface area contributed by atoms with Crippen LogP contribution in [0.25, 0.3) is 6.08 Å². The Morgan fingerprint density at radius 1 is 1.15 bits per heavy atom. The molecule has 0 spiro atoms. The van der Waals surface area contributed by atoms with Crippen molar-refractivity contribution in [3.8, 4) is 5.75 Å². The van der Waals surface area contributed by atoms with Crippen molar-refractivity contribution in [2.45, 2.75) is 0 Å². The third-order valence-electron chi connectivity index (χ3n) is 4.61. The van der Waals surface area contributed by atoms with Crippen LogP contribution in [0, 0.1) is 0 Å². The molecular weight excluding hydrogens is 406 g/mol. The summed E-state index contributed by atoms with van der Waals surface area (Å²) in [6, 6.07) is 13.6. The molecule has 0 radical (unpaired) electrons. The summed E-state index contributed by atoms with van der Waals surface area (Å²) in [5.41, 5.74) is 2.74. The van der Waals surface area contributed by atoms with Gasteiger partial charge in [0.05, 0.1) is 18.5 Å². The number of hydrogen-bond donors (Lipinski definition) is 1. The summed E-state index contributed by atoms with van der Waals surface area (Å²) < 4.78 is 6.28. The number of anilines is 2. The van der Waals surface area contributed by atoms with Crippen LogP contribution in [0.4, 0.5) is 11.4 Å². The lowest BCUT2D eigenvalue weighted by atomic mass is 10.2. The summed E-state index contributed by atoms with van der Waals surface area (Å²) in [6.45, 7) is 3.94. The number of methoxy groups -OCH3 is 1. The number of rotatable bonds is 5. The number of nitrogens with one attached hydrogen (secondary N) is 1. The molecule has 0 unspecified atom stereocenters. The Morgan fingerprint density at radius 2 is 1.89 bits per heavy atom. The largest absolute Gasteiger partial charge is 0.496 e. The minimum absolute atomic E-state index is 0.168. The minimum atomic E-state index is -0.168. The Labute approximate surface area is 168 Å². The van der Waals surface area contributed by atoms with Crippen molar-refractivity contribution in [1.29, 1.82) is 0 Å². The maximum Gasteiger partial charge on any atom is 0.248 e. The third kappa shape index (κ3) is 5.11. The molecule has 5 nitrogen and oxygen atoms in total. The van der Waals surface area contributed by atoms with Crippen LogP contribution in [0.3, 0.4) is 0 Å². The van der Waals surface area contributed by atoms with Crippen molar-refractivity contribution in [1.82, 2.24) is 4.90 Å². The van der Waals surface area contributed by atoms with Gasteiger partial charge in [-0.1, -0.05) is 28.1 Å². The number of benzene rings is 2. The molecule has 6 heteroatoms. The van der Waals surface area contributed by atoms with Crippen LogP contribution in [-0.2, 0) is 4.79 Å². The zero-order valence-corrected chi connectivity index (χ0v) is 17.2. The molecule has 3 rings (SSSR count). The third-order valence-corrected chi connectivity index (χ3v) is 5.11. The summed E-state index contributed by atoms with van der Waals surface area (Å²) in [4.78, 5) is 17.1. The van der Waals surface area contributed by atoms with Gasteiger partial charge in [0.2, 0.25) is 5.91 Å². The number of carbonyl (C=O) groups excluding carboxylic acids is 1. The minimum Gasteiger partial charge on any atom is -0.496 e. The SMILES string of the molecule is COc1ccc(Br)cc1C=CC(=O)Nc1ccccc1N1CCN(C)CC1. The topological polar surface area (TPSA) is 44.8 Å². The average molecular weight is 430 g/mol. The highest BCUT2D eigenvalue weighted by Gasteiger charge is 2.17. The summed E-state index contributed by atoms with van der Waals surface area (Å²) >= 11 is 3.45. The molecule has 0 bridgehead atoms. The van der Waals surface area contributed by atoms with Crippen LogP contribution in [0.1, 0.15) is 5.56 Å². The van der Waals surface area contributed by atoms with Crippen LogP contribution in [0.15, 0.2) is 53.0 Å². The molecule has 2 aromatic rings. The van der Waals surface area contributed by atoms with E-state index in [0.717, 1.165) is 53.3 Å². The highest BCUT2D eigenvalue weighted by atomic mass is 79.9. The van der Waals surface area contributed by atoms with Crippen molar-refractivity contribution in [2.75, 3.05) is 50.6 Å². The van der Waals surface area contributed by atoms with E-state index in [1.54, 1.807) is 13.2 Å². The van der Waals surface area contributed by atoms with Gasteiger partial charge in [0, 0.05) is 42.3 Å². The lowest BCUT2D eigenvalue weighted by molar-refractivity contribution is -0.111. The van der Waals surface area contributed by atoms with E-state index < -0.39 is 0 Å².